The number of aryl methyl sites for hydroxylation is 2. The Morgan fingerprint density at radius 1 is 1.13 bits per heavy atom. The fourth-order valence-corrected chi connectivity index (χ4v) is 3.57. The van der Waals surface area contributed by atoms with E-state index in [0.717, 1.165) is 16.0 Å². The largest absolute Gasteiger partial charge is 0.387 e. The lowest BCUT2D eigenvalue weighted by atomic mass is 9.99. The third-order valence-corrected chi connectivity index (χ3v) is 5.10. The second-order valence-corrected chi connectivity index (χ2v) is 6.96. The van der Waals surface area contributed by atoms with Crippen LogP contribution >= 0.6 is 11.8 Å². The molecule has 0 heterocycles. The second-order valence-electron chi connectivity index (χ2n) is 5.65. The number of hydrogen-bond acceptors (Lipinski definition) is 3. The van der Waals surface area contributed by atoms with Gasteiger partial charge in [-0.1, -0.05) is 42.0 Å². The Morgan fingerprint density at radius 2 is 1.78 bits per heavy atom. The third kappa shape index (κ3) is 4.85. The Hall–Kier alpha value is -1.78. The summed E-state index contributed by atoms with van der Waals surface area (Å²) < 4.78 is 0. The molecule has 0 spiro atoms. The van der Waals surface area contributed by atoms with Gasteiger partial charge in [0.1, 0.15) is 0 Å². The van der Waals surface area contributed by atoms with Gasteiger partial charge in [0.15, 0.2) is 0 Å². The zero-order valence-corrected chi connectivity index (χ0v) is 14.6. The van der Waals surface area contributed by atoms with Crippen molar-refractivity contribution in [1.29, 1.82) is 0 Å². The summed E-state index contributed by atoms with van der Waals surface area (Å²) in [6.07, 6.45) is -0.426. The summed E-state index contributed by atoms with van der Waals surface area (Å²) in [6, 6.07) is 15.9. The van der Waals surface area contributed by atoms with E-state index in [0.29, 0.717) is 0 Å². The maximum absolute atomic E-state index is 11.9. The SMILES string of the molecule is CNC(=O)C[C@@H](Sc1ccc(C)cc1)[C@@H](O)c1ccccc1C. The molecule has 122 valence electrons. The molecule has 0 aliphatic carbocycles. The van der Waals surface area contributed by atoms with Gasteiger partial charge in [0.2, 0.25) is 5.91 Å². The fourth-order valence-electron chi connectivity index (χ4n) is 2.41. The van der Waals surface area contributed by atoms with Crippen LogP contribution in [0.25, 0.3) is 0 Å². The van der Waals surface area contributed by atoms with E-state index in [1.165, 1.54) is 5.56 Å². The van der Waals surface area contributed by atoms with Crippen LogP contribution in [-0.2, 0) is 4.79 Å². The first-order valence-corrected chi connectivity index (χ1v) is 8.56. The molecule has 0 unspecified atom stereocenters. The molecule has 0 saturated carbocycles. The van der Waals surface area contributed by atoms with Crippen molar-refractivity contribution in [2.45, 2.75) is 36.5 Å². The lowest BCUT2D eigenvalue weighted by Gasteiger charge is -2.23. The van der Waals surface area contributed by atoms with E-state index in [1.54, 1.807) is 18.8 Å². The van der Waals surface area contributed by atoms with E-state index < -0.39 is 6.10 Å². The maximum atomic E-state index is 11.9. The van der Waals surface area contributed by atoms with Crippen molar-refractivity contribution in [3.63, 3.8) is 0 Å². The lowest BCUT2D eigenvalue weighted by Crippen LogP contribution is -2.26. The van der Waals surface area contributed by atoms with Gasteiger partial charge < -0.3 is 10.4 Å². The minimum absolute atomic E-state index is 0.0674. The highest BCUT2D eigenvalue weighted by atomic mass is 32.2. The monoisotopic (exact) mass is 329 g/mol. The van der Waals surface area contributed by atoms with Crippen molar-refractivity contribution in [3.8, 4) is 0 Å². The van der Waals surface area contributed by atoms with Crippen LogP contribution in [0.4, 0.5) is 0 Å². The number of thioether (sulfide) groups is 1. The van der Waals surface area contributed by atoms with Crippen molar-refractivity contribution in [1.82, 2.24) is 5.32 Å². The summed E-state index contributed by atoms with van der Waals surface area (Å²) in [4.78, 5) is 12.9. The predicted octanol–water partition coefficient (Wildman–Crippen LogP) is 3.63. The number of rotatable bonds is 6. The number of aliphatic hydroxyl groups is 1. The van der Waals surface area contributed by atoms with Gasteiger partial charge in [-0.15, -0.1) is 11.8 Å². The van der Waals surface area contributed by atoms with Crippen molar-refractivity contribution in [2.75, 3.05) is 7.05 Å². The van der Waals surface area contributed by atoms with Gasteiger partial charge in [-0.2, -0.15) is 0 Å². The summed E-state index contributed by atoms with van der Waals surface area (Å²) in [5.74, 6) is -0.0674. The Morgan fingerprint density at radius 3 is 2.39 bits per heavy atom. The second kappa shape index (κ2) is 8.18. The summed E-state index contributed by atoms with van der Waals surface area (Å²) in [5.41, 5.74) is 3.10. The Labute approximate surface area is 142 Å². The van der Waals surface area contributed by atoms with E-state index in [2.05, 4.69) is 5.32 Å². The number of amides is 1. The van der Waals surface area contributed by atoms with Crippen LogP contribution < -0.4 is 5.32 Å². The van der Waals surface area contributed by atoms with Crippen molar-refractivity contribution in [2.24, 2.45) is 0 Å². The Kier molecular flexibility index (Phi) is 6.25. The van der Waals surface area contributed by atoms with Gasteiger partial charge >= 0.3 is 0 Å². The predicted molar refractivity (Wildman–Crippen MR) is 95.6 cm³/mol. The normalized spacial score (nSPS) is 13.4. The molecule has 0 fully saturated rings. The number of nitrogens with one attached hydrogen (secondary N) is 1. The van der Waals surface area contributed by atoms with Gasteiger partial charge in [0, 0.05) is 23.6 Å². The third-order valence-electron chi connectivity index (χ3n) is 3.83. The molecule has 2 atom stereocenters. The highest BCUT2D eigenvalue weighted by Crippen LogP contribution is 2.35. The summed E-state index contributed by atoms with van der Waals surface area (Å²) in [7, 11) is 1.62. The zero-order valence-electron chi connectivity index (χ0n) is 13.7. The molecule has 0 bridgehead atoms. The average molecular weight is 329 g/mol. The lowest BCUT2D eigenvalue weighted by molar-refractivity contribution is -0.121. The molecule has 0 radical (unpaired) electrons. The number of hydrogen-bond donors (Lipinski definition) is 2. The topological polar surface area (TPSA) is 49.3 Å². The van der Waals surface area contributed by atoms with Gasteiger partial charge in [-0.05, 0) is 37.1 Å². The molecule has 1 amide bonds. The smallest absolute Gasteiger partial charge is 0.220 e. The van der Waals surface area contributed by atoms with Crippen LogP contribution in [0.3, 0.4) is 0 Å². The van der Waals surface area contributed by atoms with Gasteiger partial charge in [0.25, 0.3) is 0 Å². The van der Waals surface area contributed by atoms with E-state index in [-0.39, 0.29) is 17.6 Å². The standard InChI is InChI=1S/C19H23NO2S/c1-13-8-10-15(11-9-13)23-17(12-18(21)20-3)19(22)16-7-5-4-6-14(16)2/h4-11,17,19,22H,12H2,1-3H3,(H,20,21)/t17-,19+/m1/s1. The molecule has 3 nitrogen and oxygen atoms in total. The molecule has 0 aliphatic heterocycles. The quantitative estimate of drug-likeness (QED) is 0.796. The molecule has 23 heavy (non-hydrogen) atoms. The average Bonchev–Trinajstić information content (AvgIpc) is 2.56. The number of carbonyl (C=O) groups excluding carboxylic acids is 1. The van der Waals surface area contributed by atoms with Gasteiger partial charge in [-0.3, -0.25) is 4.79 Å². The highest BCUT2D eigenvalue weighted by molar-refractivity contribution is 8.00. The molecule has 2 rings (SSSR count). The first kappa shape index (κ1) is 17.6. The highest BCUT2D eigenvalue weighted by Gasteiger charge is 2.25. The van der Waals surface area contributed by atoms with E-state index in [4.69, 9.17) is 0 Å². The van der Waals surface area contributed by atoms with Gasteiger partial charge in [-0.25, -0.2) is 0 Å². The summed E-state index contributed by atoms with van der Waals surface area (Å²) in [5, 5.41) is 13.2. The van der Waals surface area contributed by atoms with Crippen LogP contribution in [0.15, 0.2) is 53.4 Å². The Bertz CT molecular complexity index is 655. The molecule has 0 saturated heterocycles. The number of aliphatic hydroxyl groups excluding tert-OH is 1. The van der Waals surface area contributed by atoms with Crippen molar-refractivity contribution in [3.05, 3.63) is 65.2 Å². The van der Waals surface area contributed by atoms with Gasteiger partial charge in [0.05, 0.1) is 6.10 Å². The Balaban J connectivity index is 2.24. The molecular weight excluding hydrogens is 306 g/mol. The van der Waals surface area contributed by atoms with Crippen LogP contribution in [0.5, 0.6) is 0 Å². The van der Waals surface area contributed by atoms with Crippen LogP contribution in [0, 0.1) is 13.8 Å². The minimum atomic E-state index is -0.695. The van der Waals surface area contributed by atoms with E-state index in [1.807, 2.05) is 62.4 Å². The van der Waals surface area contributed by atoms with Crippen LogP contribution in [0.1, 0.15) is 29.2 Å². The van der Waals surface area contributed by atoms with Crippen molar-refractivity contribution < 1.29 is 9.90 Å². The zero-order chi connectivity index (χ0) is 16.8. The molecule has 2 aromatic rings. The summed E-state index contributed by atoms with van der Waals surface area (Å²) >= 11 is 1.54. The molecule has 0 aromatic heterocycles. The first-order valence-electron chi connectivity index (χ1n) is 7.68. The minimum Gasteiger partial charge on any atom is -0.387 e. The maximum Gasteiger partial charge on any atom is 0.220 e. The molecule has 0 aliphatic rings. The molecule has 2 aromatic carbocycles. The molecule has 4 heteroatoms. The number of carbonyl (C=O) groups is 1. The van der Waals surface area contributed by atoms with Crippen molar-refractivity contribution >= 4 is 17.7 Å². The van der Waals surface area contributed by atoms with Crippen LogP contribution in [0.2, 0.25) is 0 Å². The number of benzene rings is 2. The van der Waals surface area contributed by atoms with E-state index >= 15 is 0 Å². The van der Waals surface area contributed by atoms with E-state index in [9.17, 15) is 9.90 Å². The fraction of sp³-hybridized carbons (Fsp3) is 0.316. The molecule has 2 N–H and O–H groups in total. The molecular formula is C19H23NO2S. The first-order chi connectivity index (χ1) is 11.0. The summed E-state index contributed by atoms with van der Waals surface area (Å²) in [6.45, 7) is 4.02. The van der Waals surface area contributed by atoms with Crippen LogP contribution in [-0.4, -0.2) is 23.3 Å².